The van der Waals surface area contributed by atoms with Crippen molar-refractivity contribution in [3.63, 3.8) is 0 Å². The zero-order valence-corrected chi connectivity index (χ0v) is 14.0. The van der Waals surface area contributed by atoms with Crippen LogP contribution < -0.4 is 5.32 Å². The first-order chi connectivity index (χ1) is 9.13. The van der Waals surface area contributed by atoms with Gasteiger partial charge in [0, 0.05) is 24.0 Å². The van der Waals surface area contributed by atoms with Crippen molar-refractivity contribution in [2.45, 2.75) is 37.8 Å². The number of hydrogen-bond donors (Lipinski definition) is 1. The lowest BCUT2D eigenvalue weighted by Gasteiger charge is -2.36. The Kier molecular flexibility index (Phi) is 4.14. The second-order valence-electron chi connectivity index (χ2n) is 5.74. The fraction of sp³-hybridized carbons (Fsp3) is 0.643. The lowest BCUT2D eigenvalue weighted by molar-refractivity contribution is 0.0918. The van der Waals surface area contributed by atoms with Crippen LogP contribution in [0.1, 0.15) is 36.0 Å². The number of fused-ring (bicyclic) bond motifs is 2. The van der Waals surface area contributed by atoms with E-state index in [1.54, 1.807) is 11.3 Å². The van der Waals surface area contributed by atoms with E-state index in [1.807, 2.05) is 11.4 Å². The minimum atomic E-state index is 0.0884. The number of hydrogen-bond acceptors (Lipinski definition) is 3. The van der Waals surface area contributed by atoms with Crippen LogP contribution in [-0.2, 0) is 0 Å². The van der Waals surface area contributed by atoms with Gasteiger partial charge in [-0.25, -0.2) is 0 Å². The second kappa shape index (κ2) is 5.69. The van der Waals surface area contributed by atoms with E-state index >= 15 is 0 Å². The number of nitrogens with one attached hydrogen (secondary N) is 1. The Morgan fingerprint density at radius 1 is 1.47 bits per heavy atom. The summed E-state index contributed by atoms with van der Waals surface area (Å²) in [6.45, 7) is 0.839. The predicted molar refractivity (Wildman–Crippen MR) is 86.7 cm³/mol. The second-order valence-corrected chi connectivity index (χ2v) is 8.54. The molecule has 1 N–H and O–H groups in total. The maximum Gasteiger partial charge on any atom is 0.252 e. The van der Waals surface area contributed by atoms with Crippen molar-refractivity contribution >= 4 is 39.8 Å². The third-order valence-corrected chi connectivity index (χ3v) is 6.37. The minimum absolute atomic E-state index is 0.0884. The molecular formula is C14H19IN2OS. The maximum atomic E-state index is 12.0. The Labute approximate surface area is 131 Å². The SMILES string of the molecule is CN1C2CCC1CC(CNC(=O)c1csc(I)c1)C2. The molecule has 2 bridgehead atoms. The molecule has 2 fully saturated rings. The van der Waals surface area contributed by atoms with E-state index in [0.29, 0.717) is 5.92 Å². The molecule has 2 aliphatic heterocycles. The normalized spacial score (nSPS) is 30.5. The number of rotatable bonds is 3. The minimum Gasteiger partial charge on any atom is -0.352 e. The molecule has 0 spiro atoms. The summed E-state index contributed by atoms with van der Waals surface area (Å²) in [5, 5.41) is 5.05. The molecule has 5 heteroatoms. The Balaban J connectivity index is 1.52. The molecule has 1 aromatic rings. The van der Waals surface area contributed by atoms with Crippen LogP contribution in [0.25, 0.3) is 0 Å². The van der Waals surface area contributed by atoms with Crippen molar-refractivity contribution in [1.29, 1.82) is 0 Å². The van der Waals surface area contributed by atoms with Gasteiger partial charge in [0.15, 0.2) is 0 Å². The van der Waals surface area contributed by atoms with Crippen molar-refractivity contribution in [3.8, 4) is 0 Å². The average molecular weight is 390 g/mol. The van der Waals surface area contributed by atoms with Crippen LogP contribution >= 0.6 is 33.9 Å². The van der Waals surface area contributed by atoms with Crippen LogP contribution in [0.15, 0.2) is 11.4 Å². The van der Waals surface area contributed by atoms with E-state index < -0.39 is 0 Å². The van der Waals surface area contributed by atoms with Gasteiger partial charge in [-0.15, -0.1) is 11.3 Å². The molecule has 0 saturated carbocycles. The van der Waals surface area contributed by atoms with Crippen LogP contribution in [0.5, 0.6) is 0 Å². The Morgan fingerprint density at radius 3 is 2.74 bits per heavy atom. The van der Waals surface area contributed by atoms with Crippen molar-refractivity contribution < 1.29 is 4.79 Å². The van der Waals surface area contributed by atoms with Gasteiger partial charge in [0.2, 0.25) is 0 Å². The Hall–Kier alpha value is -0.140. The maximum absolute atomic E-state index is 12.0. The van der Waals surface area contributed by atoms with Gasteiger partial charge in [-0.3, -0.25) is 4.79 Å². The first kappa shape index (κ1) is 13.8. The summed E-state index contributed by atoms with van der Waals surface area (Å²) in [5.41, 5.74) is 0.810. The molecule has 0 aromatic carbocycles. The first-order valence-corrected chi connectivity index (χ1v) is 8.83. The number of thiophene rings is 1. The quantitative estimate of drug-likeness (QED) is 0.805. The molecule has 19 heavy (non-hydrogen) atoms. The third kappa shape index (κ3) is 2.97. The van der Waals surface area contributed by atoms with Gasteiger partial charge < -0.3 is 10.2 Å². The van der Waals surface area contributed by atoms with Gasteiger partial charge in [-0.05, 0) is 67.3 Å². The number of carbonyl (C=O) groups is 1. The van der Waals surface area contributed by atoms with Crippen LogP contribution in [0, 0.1) is 8.80 Å². The molecule has 104 valence electrons. The van der Waals surface area contributed by atoms with Gasteiger partial charge in [0.05, 0.1) is 8.45 Å². The van der Waals surface area contributed by atoms with E-state index in [-0.39, 0.29) is 5.91 Å². The third-order valence-electron chi connectivity index (χ3n) is 4.58. The lowest BCUT2D eigenvalue weighted by Crippen LogP contribution is -2.43. The summed E-state index contributed by atoms with van der Waals surface area (Å²) in [4.78, 5) is 14.6. The molecule has 2 saturated heterocycles. The summed E-state index contributed by atoms with van der Waals surface area (Å²) in [5.74, 6) is 0.751. The van der Waals surface area contributed by atoms with Crippen LogP contribution in [0.4, 0.5) is 0 Å². The molecule has 3 nitrogen and oxygen atoms in total. The zero-order valence-electron chi connectivity index (χ0n) is 11.1. The van der Waals surface area contributed by atoms with Gasteiger partial charge in [-0.1, -0.05) is 0 Å². The highest BCUT2D eigenvalue weighted by Crippen LogP contribution is 2.37. The summed E-state index contributed by atoms with van der Waals surface area (Å²) >= 11 is 3.88. The highest BCUT2D eigenvalue weighted by molar-refractivity contribution is 14.1. The van der Waals surface area contributed by atoms with Crippen LogP contribution in [-0.4, -0.2) is 36.5 Å². The predicted octanol–water partition coefficient (Wildman–Crippen LogP) is 2.96. The van der Waals surface area contributed by atoms with Crippen molar-refractivity contribution in [2.75, 3.05) is 13.6 Å². The van der Waals surface area contributed by atoms with E-state index in [9.17, 15) is 4.79 Å². The molecule has 2 atom stereocenters. The summed E-state index contributed by atoms with van der Waals surface area (Å²) < 4.78 is 1.17. The first-order valence-electron chi connectivity index (χ1n) is 6.87. The zero-order chi connectivity index (χ0) is 13.4. The van der Waals surface area contributed by atoms with E-state index in [0.717, 1.165) is 24.2 Å². The number of amides is 1. The largest absolute Gasteiger partial charge is 0.352 e. The van der Waals surface area contributed by atoms with Gasteiger partial charge in [0.1, 0.15) is 0 Å². The topological polar surface area (TPSA) is 32.3 Å². The van der Waals surface area contributed by atoms with E-state index in [2.05, 4.69) is 39.9 Å². The summed E-state index contributed by atoms with van der Waals surface area (Å²) in [6, 6.07) is 3.46. The van der Waals surface area contributed by atoms with E-state index in [1.165, 1.54) is 28.6 Å². The summed E-state index contributed by atoms with van der Waals surface area (Å²) in [6.07, 6.45) is 5.17. The van der Waals surface area contributed by atoms with E-state index in [4.69, 9.17) is 0 Å². The molecular weight excluding hydrogens is 371 g/mol. The van der Waals surface area contributed by atoms with Crippen molar-refractivity contribution in [3.05, 3.63) is 19.9 Å². The molecule has 1 aromatic heterocycles. The van der Waals surface area contributed by atoms with Gasteiger partial charge >= 0.3 is 0 Å². The molecule has 0 radical (unpaired) electrons. The average Bonchev–Trinajstić information content (AvgIpc) is 2.88. The lowest BCUT2D eigenvalue weighted by atomic mass is 9.91. The highest BCUT2D eigenvalue weighted by atomic mass is 127. The highest BCUT2D eigenvalue weighted by Gasteiger charge is 2.38. The number of piperidine rings is 1. The van der Waals surface area contributed by atoms with Gasteiger partial charge in [0.25, 0.3) is 5.91 Å². The van der Waals surface area contributed by atoms with Crippen LogP contribution in [0.2, 0.25) is 0 Å². The smallest absolute Gasteiger partial charge is 0.252 e. The monoisotopic (exact) mass is 390 g/mol. The standard InChI is InChI=1S/C14H19IN2OS/c1-17-11-2-3-12(17)5-9(4-11)7-16-14(18)10-6-13(15)19-8-10/h6,8-9,11-12H,2-5,7H2,1H3,(H,16,18). The molecule has 3 rings (SSSR count). The molecule has 2 unspecified atom stereocenters. The molecule has 1 amide bonds. The number of halogens is 1. The molecule has 2 aliphatic rings. The van der Waals surface area contributed by atoms with Crippen molar-refractivity contribution in [1.82, 2.24) is 10.2 Å². The Bertz CT molecular complexity index is 462. The Morgan fingerprint density at radius 2 is 2.16 bits per heavy atom. The summed E-state index contributed by atoms with van der Waals surface area (Å²) in [7, 11) is 2.25. The number of nitrogens with zero attached hydrogens (tertiary/aromatic N) is 1. The number of carbonyl (C=O) groups excluding carboxylic acids is 1. The molecule has 3 heterocycles. The fourth-order valence-electron chi connectivity index (χ4n) is 3.46. The van der Waals surface area contributed by atoms with Crippen molar-refractivity contribution in [2.24, 2.45) is 5.92 Å². The van der Waals surface area contributed by atoms with Gasteiger partial charge in [-0.2, -0.15) is 0 Å². The van der Waals surface area contributed by atoms with Crippen LogP contribution in [0.3, 0.4) is 0 Å². The fourth-order valence-corrected chi connectivity index (χ4v) is 4.79. The molecule has 0 aliphatic carbocycles.